The van der Waals surface area contributed by atoms with Crippen molar-refractivity contribution in [1.82, 2.24) is 24.6 Å². The number of imidazole rings is 1. The first-order chi connectivity index (χ1) is 12.1. The summed E-state index contributed by atoms with van der Waals surface area (Å²) in [6, 6.07) is 10.5. The van der Waals surface area contributed by atoms with Gasteiger partial charge in [0, 0.05) is 42.7 Å². The Morgan fingerprint density at radius 1 is 1.28 bits per heavy atom. The van der Waals surface area contributed by atoms with Crippen LogP contribution in [-0.2, 0) is 11.3 Å². The minimum atomic E-state index is 0.137. The number of rotatable bonds is 4. The van der Waals surface area contributed by atoms with E-state index in [0.29, 0.717) is 6.42 Å². The first-order valence-electron chi connectivity index (χ1n) is 8.55. The van der Waals surface area contributed by atoms with E-state index in [0.717, 1.165) is 41.4 Å². The molecule has 0 aliphatic carbocycles. The fraction of sp³-hybridized carbons (Fsp3) is 0.316. The van der Waals surface area contributed by atoms with Gasteiger partial charge in [-0.1, -0.05) is 12.1 Å². The molecule has 1 atom stereocenters. The second-order valence-corrected chi connectivity index (χ2v) is 6.60. The number of aromatic nitrogens is 4. The van der Waals surface area contributed by atoms with Gasteiger partial charge in [-0.15, -0.1) is 0 Å². The Labute approximate surface area is 146 Å². The summed E-state index contributed by atoms with van der Waals surface area (Å²) in [4.78, 5) is 16.0. The Bertz CT molecular complexity index is 924. The average Bonchev–Trinajstić information content (AvgIpc) is 3.29. The molecule has 1 amide bonds. The van der Waals surface area contributed by atoms with E-state index in [-0.39, 0.29) is 11.9 Å². The molecule has 6 nitrogen and oxygen atoms in total. The lowest BCUT2D eigenvalue weighted by molar-refractivity contribution is -0.119. The zero-order valence-corrected chi connectivity index (χ0v) is 14.4. The van der Waals surface area contributed by atoms with E-state index in [2.05, 4.69) is 45.1 Å². The van der Waals surface area contributed by atoms with Crippen molar-refractivity contribution in [1.29, 1.82) is 0 Å². The molecule has 1 aliphatic rings. The zero-order chi connectivity index (χ0) is 17.4. The zero-order valence-electron chi connectivity index (χ0n) is 14.4. The van der Waals surface area contributed by atoms with E-state index >= 15 is 0 Å². The van der Waals surface area contributed by atoms with Crippen LogP contribution in [0.3, 0.4) is 0 Å². The highest BCUT2D eigenvalue weighted by Gasteiger charge is 2.22. The molecular weight excluding hydrogens is 314 g/mol. The number of hydrogen-bond acceptors (Lipinski definition) is 3. The summed E-state index contributed by atoms with van der Waals surface area (Å²) < 4.78 is 4.06. The molecule has 1 unspecified atom stereocenters. The molecule has 0 saturated carbocycles. The Morgan fingerprint density at radius 2 is 2.16 bits per heavy atom. The molecule has 3 aromatic rings. The first kappa shape index (κ1) is 15.6. The average molecular weight is 335 g/mol. The minimum absolute atomic E-state index is 0.137. The standard InChI is InChI=1S/C19H21N5O/c1-13-10-14(2)24(22-13)17-5-3-4-15(11-17)19-20-8-9-23(19)12-16-6-7-18(25)21-16/h3-5,8-11,16H,6-7,12H2,1-2H3,(H,21,25). The Balaban J connectivity index is 1.65. The van der Waals surface area contributed by atoms with Gasteiger partial charge in [-0.2, -0.15) is 5.10 Å². The van der Waals surface area contributed by atoms with Gasteiger partial charge >= 0.3 is 0 Å². The monoisotopic (exact) mass is 335 g/mol. The smallest absolute Gasteiger partial charge is 0.220 e. The summed E-state index contributed by atoms with van der Waals surface area (Å²) in [5, 5.41) is 7.58. The third-order valence-corrected chi connectivity index (χ3v) is 4.58. The number of amides is 1. The number of aryl methyl sites for hydroxylation is 2. The molecule has 3 heterocycles. The molecular formula is C19H21N5O. The van der Waals surface area contributed by atoms with Crippen LogP contribution in [0, 0.1) is 13.8 Å². The van der Waals surface area contributed by atoms with Gasteiger partial charge in [0.1, 0.15) is 5.82 Å². The minimum Gasteiger partial charge on any atom is -0.352 e. The van der Waals surface area contributed by atoms with Gasteiger partial charge in [-0.3, -0.25) is 4.79 Å². The maximum Gasteiger partial charge on any atom is 0.220 e. The van der Waals surface area contributed by atoms with Crippen LogP contribution in [0.25, 0.3) is 17.1 Å². The third kappa shape index (κ3) is 3.07. The van der Waals surface area contributed by atoms with Gasteiger partial charge in [-0.05, 0) is 38.5 Å². The predicted octanol–water partition coefficient (Wildman–Crippen LogP) is 2.63. The van der Waals surface area contributed by atoms with Crippen LogP contribution in [0.2, 0.25) is 0 Å². The van der Waals surface area contributed by atoms with Gasteiger partial charge < -0.3 is 9.88 Å². The highest BCUT2D eigenvalue weighted by molar-refractivity contribution is 5.78. The van der Waals surface area contributed by atoms with Crippen LogP contribution in [0.1, 0.15) is 24.2 Å². The van der Waals surface area contributed by atoms with Crippen LogP contribution in [0.15, 0.2) is 42.7 Å². The second-order valence-electron chi connectivity index (χ2n) is 6.60. The van der Waals surface area contributed by atoms with E-state index in [1.54, 1.807) is 0 Å². The molecule has 4 rings (SSSR count). The lowest BCUT2D eigenvalue weighted by atomic mass is 10.1. The molecule has 128 valence electrons. The fourth-order valence-electron chi connectivity index (χ4n) is 3.44. The lowest BCUT2D eigenvalue weighted by Gasteiger charge is -2.14. The molecule has 0 spiro atoms. The Hall–Kier alpha value is -2.89. The van der Waals surface area contributed by atoms with Crippen LogP contribution in [-0.4, -0.2) is 31.3 Å². The largest absolute Gasteiger partial charge is 0.352 e. The van der Waals surface area contributed by atoms with Crippen molar-refractivity contribution in [3.8, 4) is 17.1 Å². The van der Waals surface area contributed by atoms with Gasteiger partial charge in [0.05, 0.1) is 11.4 Å². The predicted molar refractivity (Wildman–Crippen MR) is 95.4 cm³/mol. The van der Waals surface area contributed by atoms with E-state index in [1.165, 1.54) is 0 Å². The first-order valence-corrected chi connectivity index (χ1v) is 8.55. The van der Waals surface area contributed by atoms with Gasteiger partial charge in [0.15, 0.2) is 0 Å². The van der Waals surface area contributed by atoms with Gasteiger partial charge in [-0.25, -0.2) is 9.67 Å². The number of benzene rings is 1. The Morgan fingerprint density at radius 3 is 2.88 bits per heavy atom. The third-order valence-electron chi connectivity index (χ3n) is 4.58. The molecule has 0 bridgehead atoms. The Kier molecular flexibility index (Phi) is 3.87. The van der Waals surface area contributed by atoms with Crippen molar-refractivity contribution in [3.63, 3.8) is 0 Å². The number of nitrogens with one attached hydrogen (secondary N) is 1. The van der Waals surface area contributed by atoms with Crippen molar-refractivity contribution in [2.75, 3.05) is 0 Å². The van der Waals surface area contributed by atoms with E-state index in [1.807, 2.05) is 36.1 Å². The van der Waals surface area contributed by atoms with Crippen LogP contribution in [0.4, 0.5) is 0 Å². The summed E-state index contributed by atoms with van der Waals surface area (Å²) in [6.07, 6.45) is 5.27. The van der Waals surface area contributed by atoms with Gasteiger partial charge in [0.25, 0.3) is 0 Å². The highest BCUT2D eigenvalue weighted by Crippen LogP contribution is 2.23. The fourth-order valence-corrected chi connectivity index (χ4v) is 3.44. The second kappa shape index (κ2) is 6.20. The number of nitrogens with zero attached hydrogens (tertiary/aromatic N) is 4. The summed E-state index contributed by atoms with van der Waals surface area (Å²) >= 11 is 0. The van der Waals surface area contributed by atoms with Crippen molar-refractivity contribution >= 4 is 5.91 Å². The summed E-state index contributed by atoms with van der Waals surface area (Å²) in [7, 11) is 0. The summed E-state index contributed by atoms with van der Waals surface area (Å²) in [5.41, 5.74) is 4.17. The van der Waals surface area contributed by atoms with E-state index < -0.39 is 0 Å². The SMILES string of the molecule is Cc1cc(C)n(-c2cccc(-c3nccn3CC3CCC(=O)N3)c2)n1. The number of carbonyl (C=O) groups is 1. The maximum atomic E-state index is 11.4. The maximum absolute atomic E-state index is 11.4. The van der Waals surface area contributed by atoms with Crippen molar-refractivity contribution in [3.05, 3.63) is 54.1 Å². The molecule has 6 heteroatoms. The van der Waals surface area contributed by atoms with E-state index in [9.17, 15) is 4.79 Å². The van der Waals surface area contributed by atoms with Crippen molar-refractivity contribution in [2.45, 2.75) is 39.3 Å². The molecule has 1 N–H and O–H groups in total. The molecule has 1 aromatic carbocycles. The van der Waals surface area contributed by atoms with E-state index in [4.69, 9.17) is 0 Å². The van der Waals surface area contributed by atoms with Crippen molar-refractivity contribution in [2.24, 2.45) is 0 Å². The molecule has 1 saturated heterocycles. The van der Waals surface area contributed by atoms with Crippen molar-refractivity contribution < 1.29 is 4.79 Å². The highest BCUT2D eigenvalue weighted by atomic mass is 16.1. The van der Waals surface area contributed by atoms with Crippen LogP contribution >= 0.6 is 0 Å². The molecule has 1 aliphatic heterocycles. The van der Waals surface area contributed by atoms with Gasteiger partial charge in [0.2, 0.25) is 5.91 Å². The number of hydrogen-bond donors (Lipinski definition) is 1. The quantitative estimate of drug-likeness (QED) is 0.797. The topological polar surface area (TPSA) is 64.7 Å². The normalized spacial score (nSPS) is 17.0. The number of carbonyl (C=O) groups excluding carboxylic acids is 1. The molecule has 1 fully saturated rings. The molecule has 25 heavy (non-hydrogen) atoms. The molecule has 2 aromatic heterocycles. The molecule has 0 radical (unpaired) electrons. The lowest BCUT2D eigenvalue weighted by Crippen LogP contribution is -2.29. The summed E-state index contributed by atoms with van der Waals surface area (Å²) in [6.45, 7) is 4.79. The van der Waals surface area contributed by atoms with Crippen LogP contribution in [0.5, 0.6) is 0 Å². The summed E-state index contributed by atoms with van der Waals surface area (Å²) in [5.74, 6) is 1.04. The van der Waals surface area contributed by atoms with Crippen LogP contribution < -0.4 is 5.32 Å².